The van der Waals surface area contributed by atoms with E-state index in [0.717, 1.165) is 11.1 Å². The first kappa shape index (κ1) is 19.5. The summed E-state index contributed by atoms with van der Waals surface area (Å²) in [5, 5.41) is 12.0. The molecule has 2 aromatic heterocycles. The minimum Gasteiger partial charge on any atom is -0.493 e. The summed E-state index contributed by atoms with van der Waals surface area (Å²) < 4.78 is 11.2. The number of anilines is 1. The van der Waals surface area contributed by atoms with Crippen LogP contribution in [0.1, 0.15) is 15.9 Å². The number of hydrogen-bond donors (Lipinski definition) is 1. The second-order valence-corrected chi connectivity index (χ2v) is 7.22. The van der Waals surface area contributed by atoms with Crippen LogP contribution in [0.3, 0.4) is 0 Å². The molecule has 0 bridgehead atoms. The van der Waals surface area contributed by atoms with Gasteiger partial charge in [0.25, 0.3) is 5.91 Å². The van der Waals surface area contributed by atoms with Gasteiger partial charge in [-0.2, -0.15) is 0 Å². The van der Waals surface area contributed by atoms with E-state index in [-0.39, 0.29) is 5.91 Å². The van der Waals surface area contributed by atoms with Gasteiger partial charge in [0.05, 0.1) is 7.11 Å². The van der Waals surface area contributed by atoms with Gasteiger partial charge < -0.3 is 9.47 Å². The van der Waals surface area contributed by atoms with Crippen LogP contribution in [0.5, 0.6) is 11.5 Å². The van der Waals surface area contributed by atoms with Gasteiger partial charge in [0.15, 0.2) is 11.5 Å². The lowest BCUT2D eigenvalue weighted by Crippen LogP contribution is -2.12. The summed E-state index contributed by atoms with van der Waals surface area (Å²) in [7, 11) is 1.54. The molecule has 0 aliphatic rings. The number of nitrogens with one attached hydrogen (secondary N) is 1. The summed E-state index contributed by atoms with van der Waals surface area (Å²) in [6.07, 6.45) is 3.37. The number of nitrogens with zero attached hydrogens (tertiary/aromatic N) is 3. The zero-order valence-electron chi connectivity index (χ0n) is 16.1. The standard InChI is InChI=1S/C22H18N4O3S/c1-28-19-13-17(7-8-18(19)29-14-15-5-3-2-4-6-15)20(27)24-22-26-25-21(30-22)16-9-11-23-12-10-16/h2-13H,14H2,1H3,(H,24,26,27). The van der Waals surface area contributed by atoms with Crippen molar-refractivity contribution in [1.29, 1.82) is 0 Å². The topological polar surface area (TPSA) is 86.2 Å². The first-order valence-corrected chi connectivity index (χ1v) is 9.94. The van der Waals surface area contributed by atoms with Crippen LogP contribution >= 0.6 is 11.3 Å². The Morgan fingerprint density at radius 3 is 2.57 bits per heavy atom. The third-order valence-electron chi connectivity index (χ3n) is 4.24. The molecule has 0 aliphatic carbocycles. The second kappa shape index (κ2) is 9.15. The molecule has 7 nitrogen and oxygen atoms in total. The Morgan fingerprint density at radius 2 is 1.80 bits per heavy atom. The third kappa shape index (κ3) is 4.61. The molecular weight excluding hydrogens is 400 g/mol. The molecule has 0 radical (unpaired) electrons. The normalized spacial score (nSPS) is 10.4. The molecule has 0 atom stereocenters. The minimum absolute atomic E-state index is 0.305. The zero-order chi connectivity index (χ0) is 20.8. The molecule has 0 unspecified atom stereocenters. The summed E-state index contributed by atoms with van der Waals surface area (Å²) >= 11 is 1.29. The third-order valence-corrected chi connectivity index (χ3v) is 5.12. The molecule has 4 aromatic rings. The highest BCUT2D eigenvalue weighted by Gasteiger charge is 2.14. The Labute approximate surface area is 177 Å². The molecule has 2 aromatic carbocycles. The predicted molar refractivity (Wildman–Crippen MR) is 115 cm³/mol. The van der Waals surface area contributed by atoms with E-state index in [1.807, 2.05) is 42.5 Å². The van der Waals surface area contributed by atoms with Crippen molar-refractivity contribution in [2.45, 2.75) is 6.61 Å². The first-order chi connectivity index (χ1) is 14.7. The fourth-order valence-electron chi connectivity index (χ4n) is 2.72. The van der Waals surface area contributed by atoms with Crippen LogP contribution in [0.4, 0.5) is 5.13 Å². The van der Waals surface area contributed by atoms with E-state index >= 15 is 0 Å². The molecule has 4 rings (SSSR count). The van der Waals surface area contributed by atoms with E-state index in [4.69, 9.17) is 9.47 Å². The van der Waals surface area contributed by atoms with Crippen molar-refractivity contribution in [1.82, 2.24) is 15.2 Å². The second-order valence-electron chi connectivity index (χ2n) is 6.24. The van der Waals surface area contributed by atoms with Gasteiger partial charge in [-0.1, -0.05) is 41.7 Å². The molecule has 0 saturated heterocycles. The number of amides is 1. The lowest BCUT2D eigenvalue weighted by Gasteiger charge is -2.12. The van der Waals surface area contributed by atoms with Crippen molar-refractivity contribution in [2.75, 3.05) is 12.4 Å². The summed E-state index contributed by atoms with van der Waals surface area (Å²) in [6, 6.07) is 18.6. The van der Waals surface area contributed by atoms with Crippen LogP contribution in [-0.2, 0) is 6.61 Å². The zero-order valence-corrected chi connectivity index (χ0v) is 16.9. The summed E-state index contributed by atoms with van der Waals surface area (Å²) in [5.74, 6) is 0.738. The molecule has 150 valence electrons. The van der Waals surface area contributed by atoms with Crippen molar-refractivity contribution in [2.24, 2.45) is 0 Å². The highest BCUT2D eigenvalue weighted by Crippen LogP contribution is 2.30. The van der Waals surface area contributed by atoms with Crippen LogP contribution in [0.15, 0.2) is 73.1 Å². The van der Waals surface area contributed by atoms with Crippen molar-refractivity contribution in [3.8, 4) is 22.1 Å². The quantitative estimate of drug-likeness (QED) is 0.478. The number of rotatable bonds is 7. The van der Waals surface area contributed by atoms with Gasteiger partial charge in [-0.25, -0.2) is 0 Å². The van der Waals surface area contributed by atoms with Gasteiger partial charge in [0, 0.05) is 23.5 Å². The molecule has 0 spiro atoms. The average molecular weight is 418 g/mol. The molecule has 0 saturated carbocycles. The Bertz CT molecular complexity index is 1130. The minimum atomic E-state index is -0.305. The van der Waals surface area contributed by atoms with Gasteiger partial charge in [0.1, 0.15) is 11.6 Å². The Balaban J connectivity index is 1.44. The largest absolute Gasteiger partial charge is 0.493 e. The maximum atomic E-state index is 12.6. The average Bonchev–Trinajstić information content (AvgIpc) is 3.27. The van der Waals surface area contributed by atoms with E-state index in [1.165, 1.54) is 18.4 Å². The number of ether oxygens (including phenoxy) is 2. The maximum Gasteiger partial charge on any atom is 0.257 e. The van der Waals surface area contributed by atoms with E-state index < -0.39 is 0 Å². The summed E-state index contributed by atoms with van der Waals surface area (Å²) in [5.41, 5.74) is 2.37. The van der Waals surface area contributed by atoms with E-state index in [9.17, 15) is 4.79 Å². The number of carbonyl (C=O) groups is 1. The molecule has 2 heterocycles. The van der Waals surface area contributed by atoms with E-state index in [0.29, 0.717) is 33.8 Å². The van der Waals surface area contributed by atoms with Crippen LogP contribution in [-0.4, -0.2) is 28.2 Å². The highest BCUT2D eigenvalue weighted by molar-refractivity contribution is 7.18. The fraction of sp³-hybridized carbons (Fsp3) is 0.0909. The SMILES string of the molecule is COc1cc(C(=O)Nc2nnc(-c3ccncc3)s2)ccc1OCc1ccccc1. The van der Waals surface area contributed by atoms with Gasteiger partial charge >= 0.3 is 0 Å². The summed E-state index contributed by atoms with van der Waals surface area (Å²) in [6.45, 7) is 0.408. The molecular formula is C22H18N4O3S. The van der Waals surface area contributed by atoms with E-state index in [2.05, 4.69) is 20.5 Å². The predicted octanol–water partition coefficient (Wildman–Crippen LogP) is 4.44. The Kier molecular flexibility index (Phi) is 5.95. The van der Waals surface area contributed by atoms with Gasteiger partial charge in [-0.3, -0.25) is 15.1 Å². The van der Waals surface area contributed by atoms with Crippen LogP contribution in [0, 0.1) is 0 Å². The molecule has 30 heavy (non-hydrogen) atoms. The van der Waals surface area contributed by atoms with Gasteiger partial charge in [-0.05, 0) is 35.9 Å². The lowest BCUT2D eigenvalue weighted by molar-refractivity contribution is 0.102. The molecule has 0 fully saturated rings. The van der Waals surface area contributed by atoms with Crippen molar-refractivity contribution in [3.05, 3.63) is 84.2 Å². The number of methoxy groups -OCH3 is 1. The highest BCUT2D eigenvalue weighted by atomic mass is 32.1. The fourth-order valence-corrected chi connectivity index (χ4v) is 3.46. The number of hydrogen-bond acceptors (Lipinski definition) is 7. The van der Waals surface area contributed by atoms with Crippen LogP contribution < -0.4 is 14.8 Å². The monoisotopic (exact) mass is 418 g/mol. The van der Waals surface area contributed by atoms with Crippen LogP contribution in [0.25, 0.3) is 10.6 Å². The van der Waals surface area contributed by atoms with Crippen molar-refractivity contribution in [3.63, 3.8) is 0 Å². The number of pyridine rings is 1. The van der Waals surface area contributed by atoms with Crippen molar-refractivity contribution >= 4 is 22.4 Å². The van der Waals surface area contributed by atoms with Gasteiger partial charge in [0.2, 0.25) is 5.13 Å². The number of carbonyl (C=O) groups excluding carboxylic acids is 1. The molecule has 1 N–H and O–H groups in total. The Hall–Kier alpha value is -3.78. The molecule has 8 heteroatoms. The molecule has 1 amide bonds. The smallest absolute Gasteiger partial charge is 0.257 e. The molecule has 0 aliphatic heterocycles. The van der Waals surface area contributed by atoms with E-state index in [1.54, 1.807) is 30.6 Å². The Morgan fingerprint density at radius 1 is 1.00 bits per heavy atom. The number of benzene rings is 2. The first-order valence-electron chi connectivity index (χ1n) is 9.13. The van der Waals surface area contributed by atoms with Crippen molar-refractivity contribution < 1.29 is 14.3 Å². The van der Waals surface area contributed by atoms with Gasteiger partial charge in [-0.15, -0.1) is 10.2 Å². The number of aromatic nitrogens is 3. The summed E-state index contributed by atoms with van der Waals surface area (Å²) in [4.78, 5) is 16.6. The van der Waals surface area contributed by atoms with Crippen LogP contribution in [0.2, 0.25) is 0 Å². The maximum absolute atomic E-state index is 12.6. The lowest BCUT2D eigenvalue weighted by atomic mass is 10.2.